The zero-order valence-corrected chi connectivity index (χ0v) is 11.3. The standard InChI is InChI=1S/C15H16N4O/c1-2-15(20)19(12-7-4-3-5-8-12)14-11-18-13(17-14)9-6-10-16-18/h3-10,14H,2,11H2,1H3. The molecule has 0 saturated heterocycles. The molecule has 102 valence electrons. The number of para-hydroxylation sites is 1. The van der Waals surface area contributed by atoms with Gasteiger partial charge in [-0.3, -0.25) is 9.69 Å². The number of amidine groups is 1. The molecule has 0 spiro atoms. The molecule has 1 aromatic carbocycles. The third kappa shape index (κ3) is 2.22. The number of benzene rings is 1. The molecule has 0 N–H and O–H groups in total. The smallest absolute Gasteiger partial charge is 0.228 e. The number of fused-ring (bicyclic) bond motifs is 1. The first-order chi connectivity index (χ1) is 9.79. The van der Waals surface area contributed by atoms with E-state index in [1.54, 1.807) is 11.1 Å². The van der Waals surface area contributed by atoms with Gasteiger partial charge in [0.25, 0.3) is 0 Å². The second kappa shape index (κ2) is 5.28. The molecule has 0 radical (unpaired) electrons. The molecule has 3 rings (SSSR count). The Morgan fingerprint density at radius 2 is 2.20 bits per heavy atom. The Morgan fingerprint density at radius 1 is 1.40 bits per heavy atom. The maximum absolute atomic E-state index is 12.3. The number of hydrogen-bond acceptors (Lipinski definition) is 4. The quantitative estimate of drug-likeness (QED) is 0.842. The van der Waals surface area contributed by atoms with E-state index in [0.29, 0.717) is 13.0 Å². The van der Waals surface area contributed by atoms with Gasteiger partial charge in [0.1, 0.15) is 12.0 Å². The molecule has 0 saturated carbocycles. The van der Waals surface area contributed by atoms with Crippen LogP contribution in [-0.2, 0) is 4.79 Å². The number of carbonyl (C=O) groups excluding carboxylic acids is 1. The van der Waals surface area contributed by atoms with Gasteiger partial charge in [0.2, 0.25) is 5.91 Å². The van der Waals surface area contributed by atoms with Gasteiger partial charge in [0.15, 0.2) is 0 Å². The van der Waals surface area contributed by atoms with Crippen LogP contribution in [0.2, 0.25) is 0 Å². The van der Waals surface area contributed by atoms with Crippen molar-refractivity contribution in [2.24, 2.45) is 10.1 Å². The average Bonchev–Trinajstić information content (AvgIpc) is 2.91. The van der Waals surface area contributed by atoms with Crippen molar-refractivity contribution in [2.75, 3.05) is 11.4 Å². The maximum atomic E-state index is 12.3. The molecule has 5 nitrogen and oxygen atoms in total. The van der Waals surface area contributed by atoms with Crippen molar-refractivity contribution in [2.45, 2.75) is 19.5 Å². The molecule has 5 heteroatoms. The molecular formula is C15H16N4O. The molecule has 2 aliphatic rings. The van der Waals surface area contributed by atoms with E-state index >= 15 is 0 Å². The number of anilines is 1. The van der Waals surface area contributed by atoms with Crippen LogP contribution in [0.25, 0.3) is 0 Å². The third-order valence-corrected chi connectivity index (χ3v) is 3.32. The van der Waals surface area contributed by atoms with Crippen LogP contribution in [0, 0.1) is 0 Å². The lowest BCUT2D eigenvalue weighted by Crippen LogP contribution is -2.41. The Bertz CT molecular complexity index is 591. The monoisotopic (exact) mass is 268 g/mol. The molecule has 2 aliphatic heterocycles. The number of allylic oxidation sites excluding steroid dienone is 1. The van der Waals surface area contributed by atoms with E-state index in [2.05, 4.69) is 10.1 Å². The predicted octanol–water partition coefficient (Wildman–Crippen LogP) is 2.03. The van der Waals surface area contributed by atoms with Gasteiger partial charge in [0.05, 0.1) is 6.54 Å². The van der Waals surface area contributed by atoms with Gasteiger partial charge in [-0.05, 0) is 24.3 Å². The SMILES string of the molecule is CCC(=O)N(c1ccccc1)C1CN2N=CC=CC2=N1. The fraction of sp³-hybridized carbons (Fsp3) is 0.267. The van der Waals surface area contributed by atoms with Crippen LogP contribution in [0.5, 0.6) is 0 Å². The predicted molar refractivity (Wildman–Crippen MR) is 79.8 cm³/mol. The Hall–Kier alpha value is -2.43. The Balaban J connectivity index is 1.92. The largest absolute Gasteiger partial charge is 0.288 e. The van der Waals surface area contributed by atoms with Crippen molar-refractivity contribution >= 4 is 23.6 Å². The van der Waals surface area contributed by atoms with Crippen LogP contribution >= 0.6 is 0 Å². The molecule has 1 atom stereocenters. The zero-order chi connectivity index (χ0) is 13.9. The van der Waals surface area contributed by atoms with Gasteiger partial charge in [0, 0.05) is 18.3 Å². The van der Waals surface area contributed by atoms with Crippen LogP contribution in [0.3, 0.4) is 0 Å². The molecule has 0 bridgehead atoms. The summed E-state index contributed by atoms with van der Waals surface area (Å²) in [6, 6.07) is 9.67. The topological polar surface area (TPSA) is 48.3 Å². The van der Waals surface area contributed by atoms with E-state index in [-0.39, 0.29) is 12.1 Å². The van der Waals surface area contributed by atoms with Crippen molar-refractivity contribution in [3.63, 3.8) is 0 Å². The van der Waals surface area contributed by atoms with Gasteiger partial charge in [-0.1, -0.05) is 25.1 Å². The van der Waals surface area contributed by atoms with E-state index in [1.807, 2.05) is 54.4 Å². The highest BCUT2D eigenvalue weighted by atomic mass is 16.2. The van der Waals surface area contributed by atoms with E-state index in [1.165, 1.54) is 0 Å². The lowest BCUT2D eigenvalue weighted by Gasteiger charge is -2.27. The van der Waals surface area contributed by atoms with E-state index in [9.17, 15) is 4.79 Å². The Labute approximate surface area is 117 Å². The zero-order valence-electron chi connectivity index (χ0n) is 11.3. The summed E-state index contributed by atoms with van der Waals surface area (Å²) in [5, 5.41) is 6.08. The Morgan fingerprint density at radius 3 is 2.90 bits per heavy atom. The highest BCUT2D eigenvalue weighted by Crippen LogP contribution is 2.23. The second-order valence-corrected chi connectivity index (χ2v) is 4.63. The second-order valence-electron chi connectivity index (χ2n) is 4.63. The van der Waals surface area contributed by atoms with Crippen LogP contribution in [0.4, 0.5) is 5.69 Å². The maximum Gasteiger partial charge on any atom is 0.228 e. The van der Waals surface area contributed by atoms with Crippen molar-refractivity contribution < 1.29 is 4.79 Å². The minimum Gasteiger partial charge on any atom is -0.288 e. The molecule has 1 aromatic rings. The summed E-state index contributed by atoms with van der Waals surface area (Å²) in [5.41, 5.74) is 0.876. The fourth-order valence-corrected chi connectivity index (χ4v) is 2.37. The number of hydrogen-bond donors (Lipinski definition) is 0. The van der Waals surface area contributed by atoms with Crippen LogP contribution < -0.4 is 4.90 Å². The van der Waals surface area contributed by atoms with Crippen LogP contribution in [0.1, 0.15) is 13.3 Å². The molecule has 1 unspecified atom stereocenters. The van der Waals surface area contributed by atoms with Crippen molar-refractivity contribution in [1.29, 1.82) is 0 Å². The van der Waals surface area contributed by atoms with Crippen LogP contribution in [-0.4, -0.2) is 35.7 Å². The highest BCUT2D eigenvalue weighted by Gasteiger charge is 2.32. The molecule has 2 heterocycles. The molecular weight excluding hydrogens is 252 g/mol. The van der Waals surface area contributed by atoms with Gasteiger partial charge < -0.3 is 0 Å². The fourth-order valence-electron chi connectivity index (χ4n) is 2.37. The van der Waals surface area contributed by atoms with Crippen molar-refractivity contribution in [1.82, 2.24) is 5.01 Å². The number of carbonyl (C=O) groups is 1. The van der Waals surface area contributed by atoms with Gasteiger partial charge in [-0.15, -0.1) is 0 Å². The summed E-state index contributed by atoms with van der Waals surface area (Å²) < 4.78 is 0. The summed E-state index contributed by atoms with van der Waals surface area (Å²) >= 11 is 0. The molecule has 0 fully saturated rings. The van der Waals surface area contributed by atoms with Gasteiger partial charge in [-0.2, -0.15) is 5.10 Å². The van der Waals surface area contributed by atoms with E-state index < -0.39 is 0 Å². The molecule has 20 heavy (non-hydrogen) atoms. The first-order valence-electron chi connectivity index (χ1n) is 6.72. The summed E-state index contributed by atoms with van der Waals surface area (Å²) in [5.74, 6) is 0.876. The first kappa shape index (κ1) is 12.6. The average molecular weight is 268 g/mol. The van der Waals surface area contributed by atoms with Gasteiger partial charge >= 0.3 is 0 Å². The number of hydrazone groups is 1. The van der Waals surface area contributed by atoms with E-state index in [4.69, 9.17) is 0 Å². The van der Waals surface area contributed by atoms with Crippen LogP contribution in [0.15, 0.2) is 52.6 Å². The van der Waals surface area contributed by atoms with E-state index in [0.717, 1.165) is 11.5 Å². The normalized spacial score (nSPS) is 19.8. The van der Waals surface area contributed by atoms with Gasteiger partial charge in [-0.25, -0.2) is 10.0 Å². The molecule has 1 amide bonds. The highest BCUT2D eigenvalue weighted by molar-refractivity contribution is 6.01. The van der Waals surface area contributed by atoms with Crippen molar-refractivity contribution in [3.8, 4) is 0 Å². The first-order valence-corrected chi connectivity index (χ1v) is 6.72. The lowest BCUT2D eigenvalue weighted by molar-refractivity contribution is -0.118. The number of nitrogens with zero attached hydrogens (tertiary/aromatic N) is 4. The van der Waals surface area contributed by atoms with Crippen molar-refractivity contribution in [3.05, 3.63) is 42.5 Å². The molecule has 0 aromatic heterocycles. The number of rotatable bonds is 3. The third-order valence-electron chi connectivity index (χ3n) is 3.32. The molecule has 0 aliphatic carbocycles. The lowest BCUT2D eigenvalue weighted by atomic mass is 10.2. The summed E-state index contributed by atoms with van der Waals surface area (Å²) in [6.45, 7) is 2.46. The summed E-state index contributed by atoms with van der Waals surface area (Å²) in [4.78, 5) is 18.6. The Kier molecular flexibility index (Phi) is 3.33. The minimum atomic E-state index is -0.222. The summed E-state index contributed by atoms with van der Waals surface area (Å²) in [6.07, 6.45) is 5.73. The minimum absolute atomic E-state index is 0.0679. The number of aliphatic imine (C=N–C) groups is 1. The number of amides is 1. The summed E-state index contributed by atoms with van der Waals surface area (Å²) in [7, 11) is 0.